The number of hydrogen-bond donors (Lipinski definition) is 0. The number of halogens is 1. The minimum atomic E-state index is -0.338. The van der Waals surface area contributed by atoms with Gasteiger partial charge >= 0.3 is 6.09 Å². The van der Waals surface area contributed by atoms with Crippen molar-refractivity contribution in [1.29, 1.82) is 0 Å². The molecule has 0 atom stereocenters. The molecule has 0 bridgehead atoms. The molecule has 0 unspecified atom stereocenters. The Morgan fingerprint density at radius 3 is 2.95 bits per heavy atom. The molecule has 0 saturated heterocycles. The molecule has 0 radical (unpaired) electrons. The maximum atomic E-state index is 12.3. The Hall–Kier alpha value is -1.88. The Morgan fingerprint density at radius 1 is 1.33 bits per heavy atom. The zero-order chi connectivity index (χ0) is 14.7. The number of benzene rings is 1. The number of aryl methyl sites for hydroxylation is 1. The Balaban J connectivity index is 1.71. The predicted molar refractivity (Wildman–Crippen MR) is 84.2 cm³/mol. The van der Waals surface area contributed by atoms with E-state index in [0.717, 1.165) is 28.4 Å². The van der Waals surface area contributed by atoms with Crippen LogP contribution >= 0.6 is 15.9 Å². The number of nitrogens with zero attached hydrogens (tertiary/aromatic N) is 2. The van der Waals surface area contributed by atoms with Gasteiger partial charge in [0.1, 0.15) is 12.4 Å². The number of pyridine rings is 1. The highest BCUT2D eigenvalue weighted by Gasteiger charge is 2.25. The second-order valence-corrected chi connectivity index (χ2v) is 5.85. The molecule has 0 fully saturated rings. The fourth-order valence-corrected chi connectivity index (χ4v) is 2.79. The highest BCUT2D eigenvalue weighted by molar-refractivity contribution is 9.10. The van der Waals surface area contributed by atoms with E-state index in [4.69, 9.17) is 4.74 Å². The molecular weight excluding hydrogens is 332 g/mol. The van der Waals surface area contributed by atoms with Crippen molar-refractivity contribution >= 4 is 27.8 Å². The standard InChI is InChI=1S/C16H15BrN2O2/c17-14-9-13-7-4-8-19(15(13)18-10-14)16(20)21-11-12-5-2-1-3-6-12/h1-3,5-6,9-10H,4,7-8,11H2. The smallest absolute Gasteiger partial charge is 0.415 e. The van der Waals surface area contributed by atoms with Crippen molar-refractivity contribution in [3.05, 3.63) is 58.2 Å². The van der Waals surface area contributed by atoms with E-state index in [1.165, 1.54) is 0 Å². The van der Waals surface area contributed by atoms with Crippen molar-refractivity contribution in [3.63, 3.8) is 0 Å². The summed E-state index contributed by atoms with van der Waals surface area (Å²) in [6.07, 6.45) is 3.23. The van der Waals surface area contributed by atoms with Crippen LogP contribution in [0.2, 0.25) is 0 Å². The summed E-state index contributed by atoms with van der Waals surface area (Å²) in [5, 5.41) is 0. The third-order valence-electron chi connectivity index (χ3n) is 3.42. The van der Waals surface area contributed by atoms with Crippen molar-refractivity contribution in [2.24, 2.45) is 0 Å². The van der Waals surface area contributed by atoms with Crippen molar-refractivity contribution in [2.45, 2.75) is 19.4 Å². The fraction of sp³-hybridized carbons (Fsp3) is 0.250. The van der Waals surface area contributed by atoms with Crippen LogP contribution in [0.15, 0.2) is 47.1 Å². The van der Waals surface area contributed by atoms with Gasteiger partial charge < -0.3 is 4.74 Å². The zero-order valence-corrected chi connectivity index (χ0v) is 13.0. The molecule has 108 valence electrons. The van der Waals surface area contributed by atoms with Crippen molar-refractivity contribution in [1.82, 2.24) is 4.98 Å². The average molecular weight is 347 g/mol. The van der Waals surface area contributed by atoms with Gasteiger partial charge in [-0.15, -0.1) is 0 Å². The summed E-state index contributed by atoms with van der Waals surface area (Å²) in [7, 11) is 0. The summed E-state index contributed by atoms with van der Waals surface area (Å²) in [4.78, 5) is 18.2. The molecular formula is C16H15BrN2O2. The lowest BCUT2D eigenvalue weighted by Gasteiger charge is -2.27. The molecule has 0 spiro atoms. The van der Waals surface area contributed by atoms with Gasteiger partial charge in [-0.3, -0.25) is 4.90 Å². The van der Waals surface area contributed by atoms with Gasteiger partial charge in [-0.05, 0) is 46.0 Å². The average Bonchev–Trinajstić information content (AvgIpc) is 2.52. The maximum Gasteiger partial charge on any atom is 0.415 e. The lowest BCUT2D eigenvalue weighted by Crippen LogP contribution is -2.36. The number of carbonyl (C=O) groups is 1. The minimum Gasteiger partial charge on any atom is -0.444 e. The Bertz CT molecular complexity index is 646. The molecule has 2 aromatic rings. The number of fused-ring (bicyclic) bond motifs is 1. The molecule has 1 aliphatic heterocycles. The van der Waals surface area contributed by atoms with Gasteiger partial charge in [-0.1, -0.05) is 30.3 Å². The molecule has 3 rings (SSSR count). The van der Waals surface area contributed by atoms with Crippen LogP contribution in [0, 0.1) is 0 Å². The van der Waals surface area contributed by atoms with Crippen molar-refractivity contribution in [2.75, 3.05) is 11.4 Å². The van der Waals surface area contributed by atoms with Gasteiger partial charge in [0.05, 0.1) is 0 Å². The number of ether oxygens (including phenoxy) is 1. The number of hydrogen-bond acceptors (Lipinski definition) is 3. The number of amides is 1. The molecule has 1 amide bonds. The van der Waals surface area contributed by atoms with Gasteiger partial charge in [-0.2, -0.15) is 0 Å². The third-order valence-corrected chi connectivity index (χ3v) is 3.85. The molecule has 0 N–H and O–H groups in total. The minimum absolute atomic E-state index is 0.280. The molecule has 1 aromatic heterocycles. The molecule has 4 nitrogen and oxygen atoms in total. The monoisotopic (exact) mass is 346 g/mol. The van der Waals surface area contributed by atoms with Crippen LogP contribution in [-0.2, 0) is 17.8 Å². The molecule has 2 heterocycles. The Morgan fingerprint density at radius 2 is 2.14 bits per heavy atom. The summed E-state index contributed by atoms with van der Waals surface area (Å²) in [5.41, 5.74) is 2.05. The molecule has 21 heavy (non-hydrogen) atoms. The summed E-state index contributed by atoms with van der Waals surface area (Å²) in [6, 6.07) is 11.7. The van der Waals surface area contributed by atoms with Crippen LogP contribution in [0.4, 0.5) is 10.6 Å². The van der Waals surface area contributed by atoms with Gasteiger partial charge in [0.2, 0.25) is 0 Å². The first-order chi connectivity index (χ1) is 10.2. The predicted octanol–water partition coefficient (Wildman–Crippen LogP) is 3.93. The van der Waals surface area contributed by atoms with Crippen molar-refractivity contribution in [3.8, 4) is 0 Å². The maximum absolute atomic E-state index is 12.3. The van der Waals surface area contributed by atoms with Gasteiger partial charge in [-0.25, -0.2) is 9.78 Å². The van der Waals surface area contributed by atoms with E-state index < -0.39 is 0 Å². The number of rotatable bonds is 2. The molecule has 1 aromatic carbocycles. The van der Waals surface area contributed by atoms with Crippen LogP contribution in [0.1, 0.15) is 17.5 Å². The highest BCUT2D eigenvalue weighted by atomic mass is 79.9. The second kappa shape index (κ2) is 6.26. The molecule has 1 aliphatic rings. The number of anilines is 1. The van der Waals surface area contributed by atoms with E-state index in [0.29, 0.717) is 12.4 Å². The normalized spacial score (nSPS) is 13.7. The lowest BCUT2D eigenvalue weighted by atomic mass is 10.1. The molecule has 5 heteroatoms. The van der Waals surface area contributed by atoms with Crippen LogP contribution in [0.5, 0.6) is 0 Å². The first-order valence-electron chi connectivity index (χ1n) is 6.86. The molecule has 0 saturated carbocycles. The third kappa shape index (κ3) is 3.24. The van der Waals surface area contributed by atoms with Crippen molar-refractivity contribution < 1.29 is 9.53 Å². The van der Waals surface area contributed by atoms with E-state index in [9.17, 15) is 4.79 Å². The van der Waals surface area contributed by atoms with Gasteiger partial charge in [0.15, 0.2) is 0 Å². The summed E-state index contributed by atoms with van der Waals surface area (Å²) in [5.74, 6) is 0.711. The summed E-state index contributed by atoms with van der Waals surface area (Å²) < 4.78 is 6.32. The van der Waals surface area contributed by atoms with Crippen LogP contribution in [0.3, 0.4) is 0 Å². The summed E-state index contributed by atoms with van der Waals surface area (Å²) in [6.45, 7) is 0.928. The van der Waals surface area contributed by atoms with E-state index in [1.807, 2.05) is 36.4 Å². The van der Waals surface area contributed by atoms with E-state index in [2.05, 4.69) is 20.9 Å². The highest BCUT2D eigenvalue weighted by Crippen LogP contribution is 2.27. The van der Waals surface area contributed by atoms with Crippen LogP contribution < -0.4 is 4.90 Å². The fourth-order valence-electron chi connectivity index (χ4n) is 2.41. The first kappa shape index (κ1) is 14.1. The van der Waals surface area contributed by atoms with Gasteiger partial charge in [0.25, 0.3) is 0 Å². The Labute approximate surface area is 131 Å². The van der Waals surface area contributed by atoms with E-state index in [-0.39, 0.29) is 12.7 Å². The van der Waals surface area contributed by atoms with Crippen LogP contribution in [0.25, 0.3) is 0 Å². The number of carbonyl (C=O) groups excluding carboxylic acids is 1. The second-order valence-electron chi connectivity index (χ2n) is 4.93. The SMILES string of the molecule is O=C(OCc1ccccc1)N1CCCc2cc(Br)cnc21. The topological polar surface area (TPSA) is 42.4 Å². The molecule has 0 aliphatic carbocycles. The zero-order valence-electron chi connectivity index (χ0n) is 11.5. The first-order valence-corrected chi connectivity index (χ1v) is 7.66. The Kier molecular flexibility index (Phi) is 4.20. The van der Waals surface area contributed by atoms with E-state index >= 15 is 0 Å². The van der Waals surface area contributed by atoms with Gasteiger partial charge in [0, 0.05) is 17.2 Å². The quantitative estimate of drug-likeness (QED) is 0.827. The number of aromatic nitrogens is 1. The largest absolute Gasteiger partial charge is 0.444 e. The van der Waals surface area contributed by atoms with Crippen LogP contribution in [-0.4, -0.2) is 17.6 Å². The van der Waals surface area contributed by atoms with E-state index in [1.54, 1.807) is 11.1 Å². The lowest BCUT2D eigenvalue weighted by molar-refractivity contribution is 0.146. The summed E-state index contributed by atoms with van der Waals surface area (Å²) >= 11 is 3.41.